The SMILES string of the molecule is CC(=O)O[Si](C)(C)O[Si](O[Si](O[Si](C)(C)OC(C)=O)(c1ccccc1)c1ccccc1)(c1ccccc1)c1ccccc1. The highest BCUT2D eigenvalue weighted by molar-refractivity contribution is 7.08. The van der Waals surface area contributed by atoms with Crippen molar-refractivity contribution in [2.24, 2.45) is 0 Å². The van der Waals surface area contributed by atoms with Crippen molar-refractivity contribution in [1.82, 2.24) is 0 Å². The summed E-state index contributed by atoms with van der Waals surface area (Å²) in [6, 6.07) is 39.2. The number of hydrogen-bond acceptors (Lipinski definition) is 7. The fraction of sp³-hybridized carbons (Fsp3) is 0.188. The number of carbonyl (C=O) groups is 2. The maximum absolute atomic E-state index is 12.3. The van der Waals surface area contributed by atoms with Crippen LogP contribution in [0.4, 0.5) is 0 Å². The van der Waals surface area contributed by atoms with Crippen LogP contribution in [0.15, 0.2) is 121 Å². The zero-order valence-electron chi connectivity index (χ0n) is 25.4. The van der Waals surface area contributed by atoms with Crippen LogP contribution in [0.2, 0.25) is 26.2 Å². The molecule has 0 aliphatic heterocycles. The van der Waals surface area contributed by atoms with E-state index in [2.05, 4.69) is 0 Å². The van der Waals surface area contributed by atoms with Gasteiger partial charge in [0.05, 0.1) is 0 Å². The molecule has 0 amide bonds. The number of carbonyl (C=O) groups excluding carboxylic acids is 2. The maximum Gasteiger partial charge on any atom is 0.390 e. The molecule has 0 saturated carbocycles. The lowest BCUT2D eigenvalue weighted by Gasteiger charge is -2.45. The Kier molecular flexibility index (Phi) is 10.2. The van der Waals surface area contributed by atoms with E-state index in [1.165, 1.54) is 13.8 Å². The van der Waals surface area contributed by atoms with Crippen LogP contribution < -0.4 is 20.7 Å². The Bertz CT molecular complexity index is 1310. The molecule has 0 spiro atoms. The standard InChI is InChI=1S/C32H38O7Si4/c1-27(33)35-40(3,4)37-42(29-19-11-7-12-20-29,30-21-13-8-14-22-30)39-43(31-23-15-9-16-24-31,32-25-17-10-18-26-32)38-41(5,6)36-28(2)34/h7-26H,1-6H3. The van der Waals surface area contributed by atoms with Crippen LogP contribution in [-0.4, -0.2) is 46.2 Å². The van der Waals surface area contributed by atoms with Gasteiger partial charge in [0.1, 0.15) is 0 Å². The summed E-state index contributed by atoms with van der Waals surface area (Å²) in [6.45, 7) is 10.2. The third kappa shape index (κ3) is 7.94. The molecule has 0 saturated heterocycles. The normalized spacial score (nSPS) is 12.4. The van der Waals surface area contributed by atoms with E-state index in [1.807, 2.05) is 148 Å². The fourth-order valence-corrected chi connectivity index (χ4v) is 22.0. The first-order valence-electron chi connectivity index (χ1n) is 14.1. The minimum absolute atomic E-state index is 0.421. The van der Waals surface area contributed by atoms with E-state index < -0.39 is 46.2 Å². The molecular weight excluding hydrogens is 609 g/mol. The maximum atomic E-state index is 12.3. The first kappa shape index (κ1) is 32.5. The first-order chi connectivity index (χ1) is 20.4. The summed E-state index contributed by atoms with van der Waals surface area (Å²) in [6.07, 6.45) is 0. The molecule has 0 radical (unpaired) electrons. The van der Waals surface area contributed by atoms with Crippen LogP contribution in [0.5, 0.6) is 0 Å². The molecule has 0 unspecified atom stereocenters. The van der Waals surface area contributed by atoms with E-state index in [4.69, 9.17) is 21.2 Å². The second-order valence-electron chi connectivity index (χ2n) is 11.0. The molecule has 4 aromatic rings. The zero-order chi connectivity index (χ0) is 31.1. The predicted molar refractivity (Wildman–Crippen MR) is 178 cm³/mol. The van der Waals surface area contributed by atoms with Crippen molar-refractivity contribution in [2.45, 2.75) is 40.0 Å². The van der Waals surface area contributed by atoms with Crippen molar-refractivity contribution in [3.8, 4) is 0 Å². The largest absolute Gasteiger partial charge is 0.495 e. The Morgan fingerprint density at radius 3 is 0.860 bits per heavy atom. The molecule has 7 nitrogen and oxygen atoms in total. The highest BCUT2D eigenvalue weighted by atomic mass is 28.5. The van der Waals surface area contributed by atoms with Crippen LogP contribution in [0, 0.1) is 0 Å². The van der Waals surface area contributed by atoms with Crippen LogP contribution in [0.25, 0.3) is 0 Å². The molecule has 4 rings (SSSR count). The van der Waals surface area contributed by atoms with Gasteiger partial charge < -0.3 is 21.2 Å². The molecule has 0 bridgehead atoms. The Morgan fingerprint density at radius 1 is 0.419 bits per heavy atom. The van der Waals surface area contributed by atoms with Gasteiger partial charge in [0.15, 0.2) is 0 Å². The third-order valence-corrected chi connectivity index (χ3v) is 20.9. The quantitative estimate of drug-likeness (QED) is 0.215. The van der Waals surface area contributed by atoms with Crippen LogP contribution in [0.1, 0.15) is 13.8 Å². The van der Waals surface area contributed by atoms with Crippen LogP contribution in [-0.2, 0) is 30.8 Å². The van der Waals surface area contributed by atoms with E-state index in [1.54, 1.807) is 0 Å². The van der Waals surface area contributed by atoms with Gasteiger partial charge in [0.2, 0.25) is 0 Å². The lowest BCUT2D eigenvalue weighted by molar-refractivity contribution is -0.134. The third-order valence-electron chi connectivity index (χ3n) is 6.46. The Balaban J connectivity index is 2.10. The number of hydrogen-bond donors (Lipinski definition) is 0. The predicted octanol–water partition coefficient (Wildman–Crippen LogP) is 4.08. The summed E-state index contributed by atoms with van der Waals surface area (Å²) in [7, 11) is -13.9. The first-order valence-corrected chi connectivity index (χ1v) is 23.4. The van der Waals surface area contributed by atoms with E-state index in [-0.39, 0.29) is 0 Å². The molecular formula is C32H38O7Si4. The lowest BCUT2D eigenvalue weighted by Crippen LogP contribution is -2.78. The number of rotatable bonds is 12. The molecule has 224 valence electrons. The summed E-state index contributed by atoms with van der Waals surface area (Å²) in [4.78, 5) is 24.6. The van der Waals surface area contributed by atoms with E-state index in [0.717, 1.165) is 20.7 Å². The summed E-state index contributed by atoms with van der Waals surface area (Å²) in [5.41, 5.74) is 0. The molecule has 0 N–H and O–H groups in total. The van der Waals surface area contributed by atoms with Crippen molar-refractivity contribution in [3.05, 3.63) is 121 Å². The van der Waals surface area contributed by atoms with E-state index in [0.29, 0.717) is 0 Å². The number of benzene rings is 4. The summed E-state index contributed by atoms with van der Waals surface area (Å²) in [5, 5.41) is 3.31. The van der Waals surface area contributed by atoms with Crippen molar-refractivity contribution in [2.75, 3.05) is 0 Å². The molecule has 0 aliphatic rings. The summed E-state index contributed by atoms with van der Waals surface area (Å²) in [5.74, 6) is -0.843. The van der Waals surface area contributed by atoms with Gasteiger partial charge in [-0.1, -0.05) is 121 Å². The van der Waals surface area contributed by atoms with Crippen LogP contribution in [0.3, 0.4) is 0 Å². The topological polar surface area (TPSA) is 80.3 Å². The van der Waals surface area contributed by atoms with Crippen molar-refractivity contribution >= 4 is 66.9 Å². The van der Waals surface area contributed by atoms with Gasteiger partial charge in [0, 0.05) is 13.8 Å². The molecule has 0 aromatic heterocycles. The second kappa shape index (κ2) is 13.5. The van der Waals surface area contributed by atoms with Gasteiger partial charge >= 0.3 is 34.2 Å². The molecule has 11 heteroatoms. The Hall–Kier alpha value is -3.43. The minimum atomic E-state index is -3.79. The van der Waals surface area contributed by atoms with Gasteiger partial charge in [-0.25, -0.2) is 0 Å². The zero-order valence-corrected chi connectivity index (χ0v) is 29.4. The highest BCUT2D eigenvalue weighted by Crippen LogP contribution is 2.26. The van der Waals surface area contributed by atoms with Crippen molar-refractivity contribution in [3.63, 3.8) is 0 Å². The molecule has 0 fully saturated rings. The van der Waals surface area contributed by atoms with Crippen molar-refractivity contribution < 1.29 is 30.8 Å². The lowest BCUT2D eigenvalue weighted by atomic mass is 10.4. The van der Waals surface area contributed by atoms with Gasteiger partial charge in [0.25, 0.3) is 11.9 Å². The summed E-state index contributed by atoms with van der Waals surface area (Å²) < 4.78 is 33.8. The average molecular weight is 647 g/mol. The smallest absolute Gasteiger partial charge is 0.390 e. The Morgan fingerprint density at radius 2 is 0.651 bits per heavy atom. The van der Waals surface area contributed by atoms with Gasteiger partial charge in [-0.05, 0) is 46.9 Å². The van der Waals surface area contributed by atoms with Gasteiger partial charge in [-0.3, -0.25) is 9.59 Å². The fourth-order valence-electron chi connectivity index (χ4n) is 5.11. The molecule has 0 atom stereocenters. The second-order valence-corrected chi connectivity index (χ2v) is 24.2. The van der Waals surface area contributed by atoms with Gasteiger partial charge in [-0.15, -0.1) is 0 Å². The highest BCUT2D eigenvalue weighted by Gasteiger charge is 2.59. The van der Waals surface area contributed by atoms with Crippen LogP contribution >= 0.6 is 0 Å². The monoisotopic (exact) mass is 646 g/mol. The summed E-state index contributed by atoms with van der Waals surface area (Å²) >= 11 is 0. The molecule has 4 aromatic carbocycles. The molecule has 0 heterocycles. The average Bonchev–Trinajstić information content (AvgIpc) is 2.96. The molecule has 43 heavy (non-hydrogen) atoms. The van der Waals surface area contributed by atoms with Crippen molar-refractivity contribution in [1.29, 1.82) is 0 Å². The van der Waals surface area contributed by atoms with E-state index >= 15 is 0 Å². The Labute approximate surface area is 258 Å². The van der Waals surface area contributed by atoms with E-state index in [9.17, 15) is 9.59 Å². The minimum Gasteiger partial charge on any atom is -0.495 e. The molecule has 0 aliphatic carbocycles. The van der Waals surface area contributed by atoms with Gasteiger partial charge in [-0.2, -0.15) is 0 Å².